The number of para-hydroxylation sites is 1. The Bertz CT molecular complexity index is 1350. The van der Waals surface area contributed by atoms with Crippen LogP contribution in [0.2, 0.25) is 5.02 Å². The number of anilines is 1. The summed E-state index contributed by atoms with van der Waals surface area (Å²) in [5, 5.41) is 3.74. The molecule has 0 aliphatic rings. The van der Waals surface area contributed by atoms with Gasteiger partial charge in [0.2, 0.25) is 0 Å². The number of rotatable bonds is 5. The zero-order valence-corrected chi connectivity index (χ0v) is 17.4. The van der Waals surface area contributed by atoms with E-state index in [4.69, 9.17) is 16.3 Å². The van der Waals surface area contributed by atoms with Gasteiger partial charge >= 0.3 is 0 Å². The van der Waals surface area contributed by atoms with Gasteiger partial charge in [0.05, 0.1) is 12.6 Å². The molecule has 1 heterocycles. The second-order valence-electron chi connectivity index (χ2n) is 6.51. The maximum atomic E-state index is 13.3. The third-order valence-electron chi connectivity index (χ3n) is 4.61. The second kappa shape index (κ2) is 7.85. The molecule has 1 aromatic heterocycles. The molecule has 152 valence electrons. The highest BCUT2D eigenvalue weighted by atomic mass is 35.5. The fourth-order valence-electron chi connectivity index (χ4n) is 3.14. The summed E-state index contributed by atoms with van der Waals surface area (Å²) in [7, 11) is -2.62. The molecule has 4 rings (SSSR count). The molecule has 6 nitrogen and oxygen atoms in total. The average Bonchev–Trinajstić information content (AvgIpc) is 3.18. The SMILES string of the molecule is COc1ccc(Cl)cc1S(=O)(=O)n1ccc2ccc(C(=O)Nc3ccccc3)cc21. The van der Waals surface area contributed by atoms with Gasteiger partial charge in [-0.15, -0.1) is 0 Å². The van der Waals surface area contributed by atoms with Crippen LogP contribution in [0.4, 0.5) is 5.69 Å². The molecule has 0 radical (unpaired) electrons. The topological polar surface area (TPSA) is 77.4 Å². The maximum absolute atomic E-state index is 13.3. The minimum Gasteiger partial charge on any atom is -0.495 e. The van der Waals surface area contributed by atoms with Crippen LogP contribution < -0.4 is 10.1 Å². The number of carbonyl (C=O) groups excluding carboxylic acids is 1. The Morgan fingerprint density at radius 1 is 1.00 bits per heavy atom. The number of methoxy groups -OCH3 is 1. The monoisotopic (exact) mass is 440 g/mol. The number of nitrogens with one attached hydrogen (secondary N) is 1. The second-order valence-corrected chi connectivity index (χ2v) is 8.73. The molecule has 0 spiro atoms. The lowest BCUT2D eigenvalue weighted by Gasteiger charge is -2.12. The molecule has 0 aliphatic heterocycles. The first kappa shape index (κ1) is 20.0. The van der Waals surface area contributed by atoms with E-state index in [2.05, 4.69) is 5.32 Å². The molecule has 30 heavy (non-hydrogen) atoms. The molecule has 0 saturated carbocycles. The van der Waals surface area contributed by atoms with Crippen molar-refractivity contribution in [1.82, 2.24) is 3.97 Å². The normalized spacial score (nSPS) is 11.4. The van der Waals surface area contributed by atoms with Crippen LogP contribution in [0.3, 0.4) is 0 Å². The van der Waals surface area contributed by atoms with Crippen LogP contribution in [0.1, 0.15) is 10.4 Å². The molecule has 1 N–H and O–H groups in total. The lowest BCUT2D eigenvalue weighted by atomic mass is 10.1. The summed E-state index contributed by atoms with van der Waals surface area (Å²) < 4.78 is 33.0. The van der Waals surface area contributed by atoms with Crippen molar-refractivity contribution in [1.29, 1.82) is 0 Å². The predicted molar refractivity (Wildman–Crippen MR) is 117 cm³/mol. The molecule has 0 saturated heterocycles. The van der Waals surface area contributed by atoms with Crippen molar-refractivity contribution in [2.24, 2.45) is 0 Å². The number of carbonyl (C=O) groups is 1. The van der Waals surface area contributed by atoms with E-state index in [1.54, 1.807) is 42.5 Å². The number of halogens is 1. The summed E-state index contributed by atoms with van der Waals surface area (Å²) in [5.74, 6) is -0.159. The van der Waals surface area contributed by atoms with E-state index in [0.717, 1.165) is 3.97 Å². The van der Waals surface area contributed by atoms with Gasteiger partial charge in [-0.1, -0.05) is 35.9 Å². The van der Waals surface area contributed by atoms with Crippen LogP contribution in [0.5, 0.6) is 5.75 Å². The zero-order valence-electron chi connectivity index (χ0n) is 15.9. The molecule has 0 atom stereocenters. The van der Waals surface area contributed by atoms with Crippen molar-refractivity contribution >= 4 is 44.1 Å². The summed E-state index contributed by atoms with van der Waals surface area (Å²) in [6.45, 7) is 0. The number of benzene rings is 3. The van der Waals surface area contributed by atoms with E-state index in [-0.39, 0.29) is 21.6 Å². The number of ether oxygens (including phenoxy) is 1. The summed E-state index contributed by atoms with van der Waals surface area (Å²) >= 11 is 6.02. The molecule has 1 amide bonds. The summed E-state index contributed by atoms with van der Waals surface area (Å²) in [6, 6.07) is 20.0. The lowest BCUT2D eigenvalue weighted by molar-refractivity contribution is 0.102. The van der Waals surface area contributed by atoms with Gasteiger partial charge < -0.3 is 10.1 Å². The van der Waals surface area contributed by atoms with Crippen molar-refractivity contribution in [2.45, 2.75) is 4.90 Å². The first-order valence-electron chi connectivity index (χ1n) is 8.97. The van der Waals surface area contributed by atoms with E-state index >= 15 is 0 Å². The Morgan fingerprint density at radius 3 is 2.50 bits per heavy atom. The van der Waals surface area contributed by atoms with Crippen LogP contribution in [-0.2, 0) is 10.0 Å². The Labute approximate surface area is 178 Å². The number of amides is 1. The van der Waals surface area contributed by atoms with Crippen LogP contribution >= 0.6 is 11.6 Å². The molecule has 4 aromatic rings. The summed E-state index contributed by atoms with van der Waals surface area (Å²) in [6.07, 6.45) is 1.44. The third kappa shape index (κ3) is 3.65. The number of fused-ring (bicyclic) bond motifs is 1. The van der Waals surface area contributed by atoms with Crippen LogP contribution in [0.25, 0.3) is 10.9 Å². The van der Waals surface area contributed by atoms with E-state index in [0.29, 0.717) is 22.2 Å². The van der Waals surface area contributed by atoms with E-state index < -0.39 is 10.0 Å². The smallest absolute Gasteiger partial charge is 0.271 e. The van der Waals surface area contributed by atoms with Crippen molar-refractivity contribution < 1.29 is 17.9 Å². The Hall–Kier alpha value is -3.29. The van der Waals surface area contributed by atoms with E-state index in [1.807, 2.05) is 18.2 Å². The lowest BCUT2D eigenvalue weighted by Crippen LogP contribution is -2.14. The molecular formula is C22H17ClN2O4S. The standard InChI is InChI=1S/C22H17ClN2O4S/c1-29-20-10-9-17(23)14-21(20)30(27,28)25-12-11-15-7-8-16(13-19(15)25)22(26)24-18-5-3-2-4-6-18/h2-14H,1H3,(H,24,26). The highest BCUT2D eigenvalue weighted by Crippen LogP contribution is 2.31. The van der Waals surface area contributed by atoms with Gasteiger partial charge in [0.1, 0.15) is 10.6 Å². The first-order valence-corrected chi connectivity index (χ1v) is 10.8. The Kier molecular flexibility index (Phi) is 5.24. The largest absolute Gasteiger partial charge is 0.495 e. The predicted octanol–water partition coefficient (Wildman–Crippen LogP) is 4.79. The highest BCUT2D eigenvalue weighted by molar-refractivity contribution is 7.90. The minimum absolute atomic E-state index is 0.0610. The van der Waals surface area contributed by atoms with E-state index in [9.17, 15) is 13.2 Å². The van der Waals surface area contributed by atoms with Gasteiger partial charge in [0.25, 0.3) is 15.9 Å². The Balaban J connectivity index is 1.78. The minimum atomic E-state index is -4.01. The van der Waals surface area contributed by atoms with Crippen molar-refractivity contribution in [3.05, 3.63) is 89.6 Å². The quantitative estimate of drug-likeness (QED) is 0.484. The maximum Gasteiger partial charge on any atom is 0.271 e. The van der Waals surface area contributed by atoms with Crippen LogP contribution in [0.15, 0.2) is 83.9 Å². The molecule has 0 fully saturated rings. The van der Waals surface area contributed by atoms with Crippen LogP contribution in [-0.4, -0.2) is 25.4 Å². The fourth-order valence-corrected chi connectivity index (χ4v) is 4.91. The molecule has 8 heteroatoms. The molecule has 0 bridgehead atoms. The third-order valence-corrected chi connectivity index (χ3v) is 6.56. The number of hydrogen-bond acceptors (Lipinski definition) is 4. The van der Waals surface area contributed by atoms with Crippen LogP contribution in [0, 0.1) is 0 Å². The van der Waals surface area contributed by atoms with Gasteiger partial charge in [-0.2, -0.15) is 0 Å². The van der Waals surface area contributed by atoms with Gasteiger partial charge in [0, 0.05) is 27.9 Å². The molecular weight excluding hydrogens is 424 g/mol. The van der Waals surface area contributed by atoms with Crippen molar-refractivity contribution in [3.63, 3.8) is 0 Å². The van der Waals surface area contributed by atoms with Gasteiger partial charge in [-0.05, 0) is 48.5 Å². The van der Waals surface area contributed by atoms with Crippen molar-refractivity contribution in [3.8, 4) is 5.75 Å². The van der Waals surface area contributed by atoms with E-state index in [1.165, 1.54) is 25.4 Å². The van der Waals surface area contributed by atoms with Gasteiger partial charge in [-0.25, -0.2) is 12.4 Å². The average molecular weight is 441 g/mol. The molecule has 3 aromatic carbocycles. The van der Waals surface area contributed by atoms with Gasteiger partial charge in [0.15, 0.2) is 0 Å². The summed E-state index contributed by atoms with van der Waals surface area (Å²) in [4.78, 5) is 12.6. The molecule has 0 aliphatic carbocycles. The number of aromatic nitrogens is 1. The fraction of sp³-hybridized carbons (Fsp3) is 0.0455. The highest BCUT2D eigenvalue weighted by Gasteiger charge is 2.24. The Morgan fingerprint density at radius 2 is 1.77 bits per heavy atom. The zero-order chi connectivity index (χ0) is 21.3. The number of hydrogen-bond donors (Lipinski definition) is 1. The summed E-state index contributed by atoms with van der Waals surface area (Å²) in [5.41, 5.74) is 1.35. The molecule has 0 unspecified atom stereocenters. The van der Waals surface area contributed by atoms with Gasteiger partial charge in [-0.3, -0.25) is 4.79 Å². The number of nitrogens with zero attached hydrogens (tertiary/aromatic N) is 1. The van der Waals surface area contributed by atoms with Crippen molar-refractivity contribution in [2.75, 3.05) is 12.4 Å². The first-order chi connectivity index (χ1) is 14.4.